The molecule has 1 nitrogen and oxygen atoms in total. The van der Waals surface area contributed by atoms with Crippen LogP contribution in [0, 0.1) is 5.82 Å². The quantitative estimate of drug-likeness (QED) is 0.352. The summed E-state index contributed by atoms with van der Waals surface area (Å²) in [6.07, 6.45) is 1.92. The lowest BCUT2D eigenvalue weighted by Gasteiger charge is -2.05. The van der Waals surface area contributed by atoms with E-state index < -0.39 is 0 Å². The second-order valence-corrected chi connectivity index (χ2v) is 6.57. The van der Waals surface area contributed by atoms with Gasteiger partial charge in [-0.2, -0.15) is 0 Å². The van der Waals surface area contributed by atoms with Crippen molar-refractivity contribution in [2.45, 2.75) is 4.90 Å². The first-order chi connectivity index (χ1) is 12.2. The third-order valence-electron chi connectivity index (χ3n) is 3.40. The summed E-state index contributed by atoms with van der Waals surface area (Å²) in [5.41, 5.74) is 2.49. The van der Waals surface area contributed by atoms with Crippen molar-refractivity contribution in [3.8, 4) is 0 Å². The van der Waals surface area contributed by atoms with Crippen LogP contribution in [-0.2, 0) is 0 Å². The lowest BCUT2D eigenvalue weighted by molar-refractivity contribution is 0.626. The van der Waals surface area contributed by atoms with Crippen molar-refractivity contribution >= 4 is 34.8 Å². The van der Waals surface area contributed by atoms with Gasteiger partial charge in [-0.05, 0) is 53.9 Å². The molecule has 0 unspecified atom stereocenters. The third-order valence-corrected chi connectivity index (χ3v) is 4.55. The van der Waals surface area contributed by atoms with E-state index >= 15 is 0 Å². The Kier molecular flexibility index (Phi) is 6.04. The van der Waals surface area contributed by atoms with Crippen LogP contribution in [0.15, 0.2) is 100 Å². The average molecular weight is 368 g/mol. The van der Waals surface area contributed by atoms with Crippen molar-refractivity contribution in [2.24, 2.45) is 4.99 Å². The zero-order valence-corrected chi connectivity index (χ0v) is 14.8. The molecule has 124 valence electrons. The summed E-state index contributed by atoms with van der Waals surface area (Å²) in [5.74, 6) is -0.240. The highest BCUT2D eigenvalue weighted by molar-refractivity contribution is 8.02. The molecule has 3 aromatic carbocycles. The van der Waals surface area contributed by atoms with E-state index in [4.69, 9.17) is 16.6 Å². The van der Waals surface area contributed by atoms with E-state index in [0.29, 0.717) is 5.02 Å². The molecule has 0 radical (unpaired) electrons. The number of halogens is 2. The number of hydrogen-bond donors (Lipinski definition) is 0. The first-order valence-corrected chi connectivity index (χ1v) is 8.95. The summed E-state index contributed by atoms with van der Waals surface area (Å²) in [7, 11) is 0. The van der Waals surface area contributed by atoms with Crippen molar-refractivity contribution in [1.29, 1.82) is 0 Å². The second kappa shape index (κ2) is 8.65. The number of para-hydroxylation sites is 1. The van der Waals surface area contributed by atoms with Crippen LogP contribution in [0.25, 0.3) is 0 Å². The number of benzene rings is 3. The van der Waals surface area contributed by atoms with Crippen LogP contribution in [0.4, 0.5) is 10.1 Å². The number of thioether (sulfide) groups is 1. The number of hydrogen-bond acceptors (Lipinski definition) is 2. The van der Waals surface area contributed by atoms with Crippen LogP contribution >= 0.6 is 23.4 Å². The molecular formula is C21H15ClFNS. The van der Waals surface area contributed by atoms with Crippen LogP contribution in [-0.4, -0.2) is 5.71 Å². The van der Waals surface area contributed by atoms with Crippen molar-refractivity contribution < 1.29 is 4.39 Å². The van der Waals surface area contributed by atoms with Crippen molar-refractivity contribution in [2.75, 3.05) is 0 Å². The Morgan fingerprint density at radius 2 is 1.56 bits per heavy atom. The van der Waals surface area contributed by atoms with Gasteiger partial charge in [-0.3, -0.25) is 0 Å². The van der Waals surface area contributed by atoms with Gasteiger partial charge in [0.15, 0.2) is 0 Å². The summed E-state index contributed by atoms with van der Waals surface area (Å²) in [6.45, 7) is 0. The molecule has 3 aromatic rings. The van der Waals surface area contributed by atoms with Crippen molar-refractivity contribution in [1.82, 2.24) is 0 Å². The highest BCUT2D eigenvalue weighted by atomic mass is 35.5. The molecule has 0 aliphatic carbocycles. The molecule has 0 saturated heterocycles. The van der Waals surface area contributed by atoms with E-state index in [2.05, 4.69) is 0 Å². The lowest BCUT2D eigenvalue weighted by atomic mass is 10.1. The fraction of sp³-hybridized carbons (Fsp3) is 0. The molecule has 0 heterocycles. The molecule has 0 saturated carbocycles. The molecule has 0 atom stereocenters. The van der Waals surface area contributed by atoms with Crippen LogP contribution < -0.4 is 0 Å². The minimum absolute atomic E-state index is 0.240. The minimum Gasteiger partial charge on any atom is -0.248 e. The summed E-state index contributed by atoms with van der Waals surface area (Å²) in [4.78, 5) is 5.66. The number of rotatable bonds is 5. The summed E-state index contributed by atoms with van der Waals surface area (Å²) in [5, 5.41) is 2.58. The lowest BCUT2D eigenvalue weighted by Crippen LogP contribution is -1.97. The van der Waals surface area contributed by atoms with Gasteiger partial charge < -0.3 is 0 Å². The molecule has 0 bridgehead atoms. The molecule has 0 amide bonds. The van der Waals surface area contributed by atoms with Gasteiger partial charge in [0.1, 0.15) is 5.82 Å². The summed E-state index contributed by atoms with van der Waals surface area (Å²) >= 11 is 7.83. The first-order valence-electron chi connectivity index (χ1n) is 7.70. The maximum Gasteiger partial charge on any atom is 0.123 e. The Labute approximate surface area is 155 Å². The third kappa shape index (κ3) is 5.05. The zero-order chi connectivity index (χ0) is 17.5. The monoisotopic (exact) mass is 367 g/mol. The van der Waals surface area contributed by atoms with E-state index in [1.165, 1.54) is 23.9 Å². The van der Waals surface area contributed by atoms with Gasteiger partial charge in [0.25, 0.3) is 0 Å². The predicted octanol–water partition coefficient (Wildman–Crippen LogP) is 6.91. The predicted molar refractivity (Wildman–Crippen MR) is 105 cm³/mol. The Morgan fingerprint density at radius 3 is 2.28 bits per heavy atom. The maximum absolute atomic E-state index is 13.0. The first kappa shape index (κ1) is 17.5. The molecule has 25 heavy (non-hydrogen) atoms. The zero-order valence-electron chi connectivity index (χ0n) is 13.3. The summed E-state index contributed by atoms with van der Waals surface area (Å²) in [6, 6.07) is 23.7. The van der Waals surface area contributed by atoms with Crippen LogP contribution in [0.3, 0.4) is 0 Å². The summed E-state index contributed by atoms with van der Waals surface area (Å²) < 4.78 is 13.0. The molecule has 0 fully saturated rings. The second-order valence-electron chi connectivity index (χ2n) is 5.19. The van der Waals surface area contributed by atoms with Crippen molar-refractivity contribution in [3.05, 3.63) is 107 Å². The Hall–Kier alpha value is -2.36. The fourth-order valence-electron chi connectivity index (χ4n) is 2.19. The van der Waals surface area contributed by atoms with E-state index in [1.54, 1.807) is 12.1 Å². The minimum atomic E-state index is -0.240. The van der Waals surface area contributed by atoms with Crippen LogP contribution in [0.1, 0.15) is 5.56 Å². The largest absolute Gasteiger partial charge is 0.248 e. The Morgan fingerprint density at radius 1 is 0.880 bits per heavy atom. The maximum atomic E-state index is 13.0. The average Bonchev–Trinajstić information content (AvgIpc) is 2.64. The molecule has 0 aliphatic rings. The molecule has 4 heteroatoms. The van der Waals surface area contributed by atoms with E-state index in [-0.39, 0.29) is 5.82 Å². The van der Waals surface area contributed by atoms with Gasteiger partial charge >= 0.3 is 0 Å². The number of aliphatic imine (C=N–C) groups is 1. The molecule has 0 spiro atoms. The molecule has 0 N–H and O–H groups in total. The van der Waals surface area contributed by atoms with E-state index in [9.17, 15) is 4.39 Å². The van der Waals surface area contributed by atoms with Gasteiger partial charge in [0.05, 0.1) is 11.4 Å². The van der Waals surface area contributed by atoms with Crippen LogP contribution in [0.2, 0.25) is 5.02 Å². The normalized spacial score (nSPS) is 11.8. The Balaban J connectivity index is 1.89. The fourth-order valence-corrected chi connectivity index (χ4v) is 3.07. The standard InChI is InChI=1S/C21H15ClFNS/c22-20-9-5-4-8-19(20)21(24-17-6-2-1-3-7-17)14-15-25-18-12-10-16(23)11-13-18/h1-15H. The number of nitrogens with zero attached hydrogens (tertiary/aromatic N) is 1. The molecule has 0 aromatic heterocycles. The smallest absolute Gasteiger partial charge is 0.123 e. The van der Waals surface area contributed by atoms with Gasteiger partial charge in [-0.1, -0.05) is 59.8 Å². The molecule has 0 aliphatic heterocycles. The SMILES string of the molecule is Fc1ccc(SC=CC(=Nc2ccccc2)c2ccccc2Cl)cc1. The molecular weight excluding hydrogens is 353 g/mol. The molecule has 3 rings (SSSR count). The topological polar surface area (TPSA) is 12.4 Å². The van der Waals surface area contributed by atoms with Gasteiger partial charge in [0.2, 0.25) is 0 Å². The highest BCUT2D eigenvalue weighted by Gasteiger charge is 2.05. The highest BCUT2D eigenvalue weighted by Crippen LogP contribution is 2.23. The van der Waals surface area contributed by atoms with E-state index in [0.717, 1.165) is 21.9 Å². The van der Waals surface area contributed by atoms with Crippen LogP contribution in [0.5, 0.6) is 0 Å². The van der Waals surface area contributed by atoms with Gasteiger partial charge in [0, 0.05) is 15.5 Å². The van der Waals surface area contributed by atoms with Gasteiger partial charge in [-0.15, -0.1) is 0 Å². The van der Waals surface area contributed by atoms with Gasteiger partial charge in [-0.25, -0.2) is 9.38 Å². The Bertz CT molecular complexity index is 889. The van der Waals surface area contributed by atoms with E-state index in [1.807, 2.05) is 66.1 Å². The van der Waals surface area contributed by atoms with Crippen molar-refractivity contribution in [3.63, 3.8) is 0 Å². The number of allylic oxidation sites excluding steroid dienone is 1.